The molecule has 0 aliphatic rings. The van der Waals surface area contributed by atoms with Gasteiger partial charge in [-0.2, -0.15) is 5.26 Å². The molecule has 0 saturated carbocycles. The Balaban J connectivity index is 2.34. The molecule has 2 nitrogen and oxygen atoms in total. The molecule has 0 heterocycles. The zero-order chi connectivity index (χ0) is 13.8. The van der Waals surface area contributed by atoms with E-state index < -0.39 is 5.82 Å². The summed E-state index contributed by atoms with van der Waals surface area (Å²) >= 11 is 9.37. The SMILES string of the molecule is N#Cc1c(F)cccc1Oc1ccc(CBr)c(Cl)c1. The molecule has 96 valence electrons. The van der Waals surface area contributed by atoms with Crippen molar-refractivity contribution in [1.29, 1.82) is 5.26 Å². The van der Waals surface area contributed by atoms with Crippen molar-refractivity contribution in [2.75, 3.05) is 0 Å². The van der Waals surface area contributed by atoms with Crippen LogP contribution in [-0.4, -0.2) is 0 Å². The fourth-order valence-electron chi connectivity index (χ4n) is 1.52. The maximum Gasteiger partial charge on any atom is 0.148 e. The molecule has 0 aliphatic carbocycles. The van der Waals surface area contributed by atoms with Gasteiger partial charge in [0.2, 0.25) is 0 Å². The molecule has 0 N–H and O–H groups in total. The second-order valence-electron chi connectivity index (χ2n) is 3.71. The molecule has 0 amide bonds. The molecule has 0 spiro atoms. The van der Waals surface area contributed by atoms with Crippen LogP contribution in [-0.2, 0) is 5.33 Å². The molecule has 19 heavy (non-hydrogen) atoms. The molecule has 2 aromatic rings. The van der Waals surface area contributed by atoms with E-state index in [1.807, 2.05) is 0 Å². The van der Waals surface area contributed by atoms with Gasteiger partial charge in [0.1, 0.15) is 28.9 Å². The van der Waals surface area contributed by atoms with Crippen molar-refractivity contribution >= 4 is 27.5 Å². The molecule has 0 radical (unpaired) electrons. The summed E-state index contributed by atoms with van der Waals surface area (Å²) in [6.07, 6.45) is 0. The first-order chi connectivity index (χ1) is 9.15. The van der Waals surface area contributed by atoms with E-state index in [1.165, 1.54) is 18.2 Å². The third-order valence-electron chi connectivity index (χ3n) is 2.48. The fourth-order valence-corrected chi connectivity index (χ4v) is 2.41. The Labute approximate surface area is 123 Å². The van der Waals surface area contributed by atoms with Crippen LogP contribution in [0.4, 0.5) is 4.39 Å². The van der Waals surface area contributed by atoms with E-state index in [2.05, 4.69) is 15.9 Å². The van der Waals surface area contributed by atoms with Crippen molar-refractivity contribution in [3.63, 3.8) is 0 Å². The van der Waals surface area contributed by atoms with Gasteiger partial charge in [0.25, 0.3) is 0 Å². The van der Waals surface area contributed by atoms with E-state index in [-0.39, 0.29) is 11.3 Å². The van der Waals surface area contributed by atoms with E-state index in [9.17, 15) is 4.39 Å². The highest BCUT2D eigenvalue weighted by Crippen LogP contribution is 2.30. The third-order valence-corrected chi connectivity index (χ3v) is 3.44. The number of nitriles is 1. The third kappa shape index (κ3) is 3.06. The highest BCUT2D eigenvalue weighted by atomic mass is 79.9. The molecule has 0 unspecified atom stereocenters. The lowest BCUT2D eigenvalue weighted by Gasteiger charge is -2.09. The first-order valence-corrected chi connectivity index (χ1v) is 6.86. The lowest BCUT2D eigenvalue weighted by atomic mass is 10.2. The number of benzene rings is 2. The van der Waals surface area contributed by atoms with Gasteiger partial charge in [-0.1, -0.05) is 39.7 Å². The molecule has 0 fully saturated rings. The van der Waals surface area contributed by atoms with Gasteiger partial charge in [-0.25, -0.2) is 4.39 Å². The molecule has 0 aliphatic heterocycles. The second kappa shape index (κ2) is 6.05. The summed E-state index contributed by atoms with van der Waals surface area (Å²) in [5.41, 5.74) is 0.803. The number of hydrogen-bond donors (Lipinski definition) is 0. The lowest BCUT2D eigenvalue weighted by molar-refractivity contribution is 0.474. The van der Waals surface area contributed by atoms with Crippen molar-refractivity contribution in [2.24, 2.45) is 0 Å². The van der Waals surface area contributed by atoms with Crippen molar-refractivity contribution in [1.82, 2.24) is 0 Å². The first-order valence-electron chi connectivity index (χ1n) is 5.36. The Hall–Kier alpha value is -1.57. The predicted octanol–water partition coefficient (Wildman–Crippen LogP) is 5.04. The Morgan fingerprint density at radius 2 is 2.11 bits per heavy atom. The van der Waals surface area contributed by atoms with Crippen molar-refractivity contribution in [3.8, 4) is 17.6 Å². The largest absolute Gasteiger partial charge is 0.456 e. The number of halogens is 3. The minimum atomic E-state index is -0.608. The van der Waals surface area contributed by atoms with Gasteiger partial charge in [0, 0.05) is 10.4 Å². The summed E-state index contributed by atoms with van der Waals surface area (Å²) in [6, 6.07) is 11.2. The van der Waals surface area contributed by atoms with Crippen molar-refractivity contribution in [3.05, 3.63) is 58.4 Å². The standard InChI is InChI=1S/C14H8BrClFNO/c15-7-9-4-5-10(6-12(9)16)19-14-3-1-2-13(17)11(14)8-18/h1-6H,7H2. The predicted molar refractivity (Wildman–Crippen MR) is 75.3 cm³/mol. The van der Waals surface area contributed by atoms with E-state index in [0.717, 1.165) is 5.56 Å². The van der Waals surface area contributed by atoms with E-state index >= 15 is 0 Å². The highest BCUT2D eigenvalue weighted by molar-refractivity contribution is 9.08. The number of rotatable bonds is 3. The molecular weight excluding hydrogens is 333 g/mol. The van der Waals surface area contributed by atoms with Gasteiger partial charge in [0.05, 0.1) is 0 Å². The summed E-state index contributed by atoms with van der Waals surface area (Å²) in [4.78, 5) is 0. The fraction of sp³-hybridized carbons (Fsp3) is 0.0714. The molecule has 0 saturated heterocycles. The van der Waals surface area contributed by atoms with Crippen LogP contribution in [0, 0.1) is 17.1 Å². The van der Waals surface area contributed by atoms with Crippen molar-refractivity contribution in [2.45, 2.75) is 5.33 Å². The monoisotopic (exact) mass is 339 g/mol. The summed E-state index contributed by atoms with van der Waals surface area (Å²) < 4.78 is 18.9. The number of ether oxygens (including phenoxy) is 1. The van der Waals surface area contributed by atoms with E-state index in [0.29, 0.717) is 16.1 Å². The summed E-state index contributed by atoms with van der Waals surface area (Å²) in [5, 5.41) is 10.1. The topological polar surface area (TPSA) is 33.0 Å². The molecule has 0 atom stereocenters. The van der Waals surface area contributed by atoms with Crippen LogP contribution in [0.3, 0.4) is 0 Å². The zero-order valence-electron chi connectivity index (χ0n) is 9.66. The molecule has 5 heteroatoms. The lowest BCUT2D eigenvalue weighted by Crippen LogP contribution is -1.92. The second-order valence-corrected chi connectivity index (χ2v) is 4.68. The number of nitrogens with zero attached hydrogens (tertiary/aromatic N) is 1. The van der Waals surface area contributed by atoms with Crippen molar-refractivity contribution < 1.29 is 9.13 Å². The summed E-state index contributed by atoms with van der Waals surface area (Å²) in [7, 11) is 0. The minimum absolute atomic E-state index is 0.122. The molecular formula is C14H8BrClFNO. The Kier molecular flexibility index (Phi) is 4.41. The molecule has 0 bridgehead atoms. The average molecular weight is 341 g/mol. The number of alkyl halides is 1. The van der Waals surface area contributed by atoms with Crippen LogP contribution in [0.2, 0.25) is 5.02 Å². The minimum Gasteiger partial charge on any atom is -0.456 e. The summed E-state index contributed by atoms with van der Waals surface area (Å²) in [6.45, 7) is 0. The Morgan fingerprint density at radius 3 is 2.74 bits per heavy atom. The van der Waals surface area contributed by atoms with Crippen LogP contribution < -0.4 is 4.74 Å². The normalized spacial score (nSPS) is 10.0. The quantitative estimate of drug-likeness (QED) is 0.733. The average Bonchev–Trinajstić information content (AvgIpc) is 2.39. The van der Waals surface area contributed by atoms with Crippen LogP contribution in [0.15, 0.2) is 36.4 Å². The molecule has 0 aromatic heterocycles. The zero-order valence-corrected chi connectivity index (χ0v) is 12.0. The summed E-state index contributed by atoms with van der Waals surface area (Å²) in [5.74, 6) is 0.0186. The molecule has 2 rings (SSSR count). The molecule has 2 aromatic carbocycles. The highest BCUT2D eigenvalue weighted by Gasteiger charge is 2.10. The Bertz CT molecular complexity index is 654. The van der Waals surface area contributed by atoms with Gasteiger partial charge in [0.15, 0.2) is 0 Å². The van der Waals surface area contributed by atoms with Gasteiger partial charge in [-0.15, -0.1) is 0 Å². The van der Waals surface area contributed by atoms with Gasteiger partial charge >= 0.3 is 0 Å². The first kappa shape index (κ1) is 13.9. The van der Waals surface area contributed by atoms with Crippen LogP contribution in [0.5, 0.6) is 11.5 Å². The maximum absolute atomic E-state index is 13.4. The van der Waals surface area contributed by atoms with Crippen LogP contribution >= 0.6 is 27.5 Å². The maximum atomic E-state index is 13.4. The van der Waals surface area contributed by atoms with Crippen LogP contribution in [0.1, 0.15) is 11.1 Å². The van der Waals surface area contributed by atoms with E-state index in [1.54, 1.807) is 24.3 Å². The van der Waals surface area contributed by atoms with E-state index in [4.69, 9.17) is 21.6 Å². The Morgan fingerprint density at radius 1 is 1.32 bits per heavy atom. The number of hydrogen-bond acceptors (Lipinski definition) is 2. The smallest absolute Gasteiger partial charge is 0.148 e. The van der Waals surface area contributed by atoms with Gasteiger partial charge in [-0.3, -0.25) is 0 Å². The van der Waals surface area contributed by atoms with Gasteiger partial charge in [-0.05, 0) is 29.8 Å². The van der Waals surface area contributed by atoms with Gasteiger partial charge < -0.3 is 4.74 Å². The van der Waals surface area contributed by atoms with Crippen LogP contribution in [0.25, 0.3) is 0 Å².